The number of nitrogens with zero attached hydrogens (tertiary/aromatic N) is 1. The number of rotatable bonds is 4. The van der Waals surface area contributed by atoms with E-state index in [-0.39, 0.29) is 5.97 Å². The van der Waals surface area contributed by atoms with Gasteiger partial charge >= 0.3 is 5.97 Å². The Hall–Kier alpha value is -1.90. The Balaban J connectivity index is 1.93. The summed E-state index contributed by atoms with van der Waals surface area (Å²) in [4.78, 5) is 15.6. The molecule has 0 saturated carbocycles. The quantitative estimate of drug-likeness (QED) is 0.602. The molecule has 1 aromatic carbocycles. The van der Waals surface area contributed by atoms with Gasteiger partial charge < -0.3 is 4.74 Å². The molecule has 0 amide bonds. The fourth-order valence-corrected chi connectivity index (χ4v) is 2.06. The third kappa shape index (κ3) is 3.29. The zero-order chi connectivity index (χ0) is 12.8. The van der Waals surface area contributed by atoms with Gasteiger partial charge in [0.15, 0.2) is 0 Å². The minimum Gasteiger partial charge on any atom is -0.466 e. The van der Waals surface area contributed by atoms with Crippen LogP contribution in [-0.4, -0.2) is 24.8 Å². The number of hydrogen-bond acceptors (Lipinski definition) is 3. The van der Waals surface area contributed by atoms with Crippen molar-refractivity contribution in [2.45, 2.75) is 25.3 Å². The fraction of sp³-hybridized carbons (Fsp3) is 0.333. The normalized spacial score (nSPS) is 18.9. The molecule has 0 radical (unpaired) electrons. The number of hydrogen-bond donors (Lipinski definition) is 0. The topological polar surface area (TPSA) is 38.7 Å². The minimum absolute atomic E-state index is 0.293. The van der Waals surface area contributed by atoms with Crippen molar-refractivity contribution in [2.75, 3.05) is 7.11 Å². The summed E-state index contributed by atoms with van der Waals surface area (Å²) >= 11 is 0. The summed E-state index contributed by atoms with van der Waals surface area (Å²) < 4.78 is 4.54. The molecule has 0 bridgehead atoms. The number of carbonyl (C=O) groups excluding carboxylic acids is 1. The van der Waals surface area contributed by atoms with Crippen LogP contribution in [-0.2, 0) is 9.53 Å². The van der Waals surface area contributed by atoms with Crippen molar-refractivity contribution < 1.29 is 9.53 Å². The van der Waals surface area contributed by atoms with Crippen LogP contribution in [0.4, 0.5) is 0 Å². The van der Waals surface area contributed by atoms with Crippen molar-refractivity contribution in [1.29, 1.82) is 0 Å². The molecule has 18 heavy (non-hydrogen) atoms. The predicted molar refractivity (Wildman–Crippen MR) is 71.8 cm³/mol. The average molecular weight is 243 g/mol. The van der Waals surface area contributed by atoms with Gasteiger partial charge in [-0.25, -0.2) is 4.79 Å². The second-order valence-electron chi connectivity index (χ2n) is 4.30. The molecular formula is C15H17NO2. The first-order valence-corrected chi connectivity index (χ1v) is 6.16. The van der Waals surface area contributed by atoms with Crippen molar-refractivity contribution in [3.63, 3.8) is 0 Å². The van der Waals surface area contributed by atoms with E-state index in [0.29, 0.717) is 6.04 Å². The molecule has 1 aliphatic heterocycles. The van der Waals surface area contributed by atoms with Gasteiger partial charge in [0.25, 0.3) is 0 Å². The summed E-state index contributed by atoms with van der Waals surface area (Å²) in [5, 5.41) is 0. The lowest BCUT2D eigenvalue weighted by Crippen LogP contribution is -1.98. The van der Waals surface area contributed by atoms with Crippen molar-refractivity contribution >= 4 is 11.7 Å². The van der Waals surface area contributed by atoms with E-state index in [0.717, 1.165) is 19.3 Å². The number of carbonyl (C=O) groups is 1. The molecule has 94 valence electrons. The first-order valence-electron chi connectivity index (χ1n) is 6.16. The highest BCUT2D eigenvalue weighted by atomic mass is 16.5. The van der Waals surface area contributed by atoms with E-state index < -0.39 is 0 Å². The molecule has 1 aromatic rings. The Kier molecular flexibility index (Phi) is 4.29. The summed E-state index contributed by atoms with van der Waals surface area (Å²) in [5.74, 6) is -0.305. The first-order chi connectivity index (χ1) is 8.79. The lowest BCUT2D eigenvalue weighted by atomic mass is 10.1. The van der Waals surface area contributed by atoms with Crippen LogP contribution < -0.4 is 0 Å². The van der Waals surface area contributed by atoms with Gasteiger partial charge in [-0.1, -0.05) is 36.4 Å². The zero-order valence-corrected chi connectivity index (χ0v) is 10.5. The smallest absolute Gasteiger partial charge is 0.330 e. The van der Waals surface area contributed by atoms with Gasteiger partial charge in [0.2, 0.25) is 0 Å². The zero-order valence-electron chi connectivity index (χ0n) is 10.5. The Morgan fingerprint density at radius 3 is 2.94 bits per heavy atom. The maximum atomic E-state index is 10.9. The van der Waals surface area contributed by atoms with Crippen LogP contribution in [0.3, 0.4) is 0 Å². The predicted octanol–water partition coefficient (Wildman–Crippen LogP) is 2.76. The van der Waals surface area contributed by atoms with Crippen LogP contribution >= 0.6 is 0 Å². The molecule has 0 fully saturated rings. The molecule has 1 heterocycles. The summed E-state index contributed by atoms with van der Waals surface area (Å²) in [6.07, 6.45) is 6.17. The minimum atomic E-state index is -0.305. The van der Waals surface area contributed by atoms with Crippen LogP contribution in [0, 0.1) is 0 Å². The maximum Gasteiger partial charge on any atom is 0.330 e. The van der Waals surface area contributed by atoms with Crippen molar-refractivity contribution in [3.8, 4) is 0 Å². The van der Waals surface area contributed by atoms with E-state index in [2.05, 4.69) is 16.9 Å². The number of ether oxygens (including phenoxy) is 1. The second-order valence-corrected chi connectivity index (χ2v) is 4.30. The van der Waals surface area contributed by atoms with Crippen LogP contribution in [0.15, 0.2) is 47.5 Å². The SMILES string of the molecule is COC(=O)C=CCC1CCC(c2ccccc2)=N1. The molecule has 1 unspecified atom stereocenters. The van der Waals surface area contributed by atoms with Gasteiger partial charge in [0.05, 0.1) is 13.2 Å². The highest BCUT2D eigenvalue weighted by Gasteiger charge is 2.17. The summed E-state index contributed by atoms with van der Waals surface area (Å²) in [6, 6.07) is 10.5. The Morgan fingerprint density at radius 1 is 1.44 bits per heavy atom. The third-order valence-corrected chi connectivity index (χ3v) is 3.02. The summed E-state index contributed by atoms with van der Waals surface area (Å²) in [7, 11) is 1.38. The van der Waals surface area contributed by atoms with Gasteiger partial charge in [0, 0.05) is 11.8 Å². The van der Waals surface area contributed by atoms with E-state index in [1.165, 1.54) is 24.5 Å². The van der Waals surface area contributed by atoms with Gasteiger partial charge in [-0.15, -0.1) is 0 Å². The van der Waals surface area contributed by atoms with E-state index in [9.17, 15) is 4.79 Å². The standard InChI is InChI=1S/C15H17NO2/c1-18-15(17)9-5-8-13-10-11-14(16-13)12-6-3-2-4-7-12/h2-7,9,13H,8,10-11H2,1H3. The number of methoxy groups -OCH3 is 1. The number of aliphatic imine (C=N–C) groups is 1. The van der Waals surface area contributed by atoms with Crippen molar-refractivity contribution in [1.82, 2.24) is 0 Å². The van der Waals surface area contributed by atoms with E-state index in [1.807, 2.05) is 24.3 Å². The van der Waals surface area contributed by atoms with Crippen LogP contribution in [0.1, 0.15) is 24.8 Å². The molecular weight excluding hydrogens is 226 g/mol. The highest BCUT2D eigenvalue weighted by Crippen LogP contribution is 2.20. The fourth-order valence-electron chi connectivity index (χ4n) is 2.06. The lowest BCUT2D eigenvalue weighted by Gasteiger charge is -2.00. The van der Waals surface area contributed by atoms with Gasteiger partial charge in [-0.2, -0.15) is 0 Å². The summed E-state index contributed by atoms with van der Waals surface area (Å²) in [6.45, 7) is 0. The molecule has 1 atom stereocenters. The third-order valence-electron chi connectivity index (χ3n) is 3.02. The number of esters is 1. The van der Waals surface area contributed by atoms with Gasteiger partial charge in [-0.05, 0) is 24.8 Å². The van der Waals surface area contributed by atoms with E-state index >= 15 is 0 Å². The first kappa shape index (κ1) is 12.6. The van der Waals surface area contributed by atoms with Crippen molar-refractivity contribution in [3.05, 3.63) is 48.0 Å². The molecule has 0 N–H and O–H groups in total. The average Bonchev–Trinajstić information content (AvgIpc) is 2.88. The molecule has 2 rings (SSSR count). The molecule has 3 heteroatoms. The molecule has 0 saturated heterocycles. The van der Waals surface area contributed by atoms with E-state index in [4.69, 9.17) is 4.99 Å². The largest absolute Gasteiger partial charge is 0.466 e. The maximum absolute atomic E-state index is 10.9. The summed E-state index contributed by atoms with van der Waals surface area (Å²) in [5.41, 5.74) is 2.38. The molecule has 0 aromatic heterocycles. The highest BCUT2D eigenvalue weighted by molar-refractivity contribution is 6.01. The lowest BCUT2D eigenvalue weighted by molar-refractivity contribution is -0.134. The van der Waals surface area contributed by atoms with E-state index in [1.54, 1.807) is 0 Å². The van der Waals surface area contributed by atoms with Crippen LogP contribution in [0.2, 0.25) is 0 Å². The molecule has 0 aliphatic carbocycles. The van der Waals surface area contributed by atoms with Crippen LogP contribution in [0.5, 0.6) is 0 Å². The van der Waals surface area contributed by atoms with Crippen LogP contribution in [0.25, 0.3) is 0 Å². The molecule has 0 spiro atoms. The monoisotopic (exact) mass is 243 g/mol. The Morgan fingerprint density at radius 2 is 2.22 bits per heavy atom. The number of benzene rings is 1. The molecule has 3 nitrogen and oxygen atoms in total. The van der Waals surface area contributed by atoms with Crippen molar-refractivity contribution in [2.24, 2.45) is 4.99 Å². The molecule has 1 aliphatic rings. The Labute approximate surface area is 107 Å². The van der Waals surface area contributed by atoms with Gasteiger partial charge in [0.1, 0.15) is 0 Å². The Bertz CT molecular complexity index is 463. The second kappa shape index (κ2) is 6.15. The van der Waals surface area contributed by atoms with Gasteiger partial charge in [-0.3, -0.25) is 4.99 Å².